The molecule has 1 unspecified atom stereocenters. The van der Waals surface area contributed by atoms with Gasteiger partial charge in [-0.15, -0.1) is 0 Å². The van der Waals surface area contributed by atoms with Gasteiger partial charge in [0.1, 0.15) is 5.69 Å². The summed E-state index contributed by atoms with van der Waals surface area (Å²) in [6, 6.07) is 0. The molecule has 0 aromatic carbocycles. The second kappa shape index (κ2) is 7.46. The lowest BCUT2D eigenvalue weighted by Gasteiger charge is -2.37. The number of ether oxygens (including phenoxy) is 1. The Bertz CT molecular complexity index is 789. The Morgan fingerprint density at radius 3 is 2.92 bits per heavy atom. The van der Waals surface area contributed by atoms with E-state index in [1.165, 1.54) is 6.20 Å². The molecule has 0 saturated heterocycles. The van der Waals surface area contributed by atoms with Gasteiger partial charge in [-0.2, -0.15) is 0 Å². The molecule has 1 aromatic rings. The van der Waals surface area contributed by atoms with E-state index in [9.17, 15) is 4.79 Å². The van der Waals surface area contributed by atoms with E-state index < -0.39 is 5.54 Å². The Hall–Kier alpha value is -2.39. The molecule has 0 saturated carbocycles. The third-order valence-corrected chi connectivity index (χ3v) is 5.10. The molecule has 1 amide bonds. The van der Waals surface area contributed by atoms with Gasteiger partial charge >= 0.3 is 0 Å². The van der Waals surface area contributed by atoms with Gasteiger partial charge in [0, 0.05) is 30.8 Å². The first kappa shape index (κ1) is 18.4. The van der Waals surface area contributed by atoms with Crippen LogP contribution in [0.4, 0.5) is 0 Å². The molecule has 2 aliphatic heterocycles. The average Bonchev–Trinajstić information content (AvgIpc) is 2.62. The first-order chi connectivity index (χ1) is 12.4. The summed E-state index contributed by atoms with van der Waals surface area (Å²) in [5, 5.41) is 6.55. The van der Waals surface area contributed by atoms with E-state index in [0.717, 1.165) is 23.4 Å². The number of hydrogen-bond acceptors (Lipinski definition) is 8. The Morgan fingerprint density at radius 2 is 2.27 bits per heavy atom. The number of aryl methyl sites for hydroxylation is 1. The minimum atomic E-state index is -0.489. The van der Waals surface area contributed by atoms with Crippen molar-refractivity contribution in [2.45, 2.75) is 32.0 Å². The van der Waals surface area contributed by atoms with Crippen molar-refractivity contribution < 1.29 is 9.53 Å². The summed E-state index contributed by atoms with van der Waals surface area (Å²) >= 11 is 1.54. The number of dihydropyridines is 1. The summed E-state index contributed by atoms with van der Waals surface area (Å²) in [4.78, 5) is 25.2. The zero-order chi connectivity index (χ0) is 18.7. The molecule has 2 atom stereocenters. The van der Waals surface area contributed by atoms with Crippen molar-refractivity contribution in [1.82, 2.24) is 20.6 Å². The zero-order valence-electron chi connectivity index (χ0n) is 14.9. The van der Waals surface area contributed by atoms with Crippen LogP contribution in [-0.4, -0.2) is 45.7 Å². The van der Waals surface area contributed by atoms with Gasteiger partial charge in [0.15, 0.2) is 11.4 Å². The van der Waals surface area contributed by atoms with Crippen LogP contribution in [0.3, 0.4) is 0 Å². The van der Waals surface area contributed by atoms with E-state index >= 15 is 0 Å². The molecular formula is C17H22N6O2S. The molecule has 1 aromatic heterocycles. The first-order valence-corrected chi connectivity index (χ1v) is 9.19. The molecule has 26 heavy (non-hydrogen) atoms. The maximum Gasteiger partial charge on any atom is 0.275 e. The number of nitrogens with one attached hydrogen (secondary N) is 2. The summed E-state index contributed by atoms with van der Waals surface area (Å²) in [7, 11) is 1.62. The van der Waals surface area contributed by atoms with E-state index in [0.29, 0.717) is 10.9 Å². The van der Waals surface area contributed by atoms with Gasteiger partial charge in [-0.1, -0.05) is 11.8 Å². The highest BCUT2D eigenvalue weighted by molar-refractivity contribution is 8.13. The van der Waals surface area contributed by atoms with E-state index in [1.807, 2.05) is 19.9 Å². The summed E-state index contributed by atoms with van der Waals surface area (Å²) in [5.74, 6) is 0.550. The van der Waals surface area contributed by atoms with Crippen molar-refractivity contribution in [3.05, 3.63) is 47.3 Å². The van der Waals surface area contributed by atoms with Crippen molar-refractivity contribution in [2.24, 2.45) is 10.7 Å². The van der Waals surface area contributed by atoms with Gasteiger partial charge in [-0.05, 0) is 26.3 Å². The van der Waals surface area contributed by atoms with E-state index in [1.54, 1.807) is 31.3 Å². The minimum Gasteiger partial charge on any atom is -0.379 e. The number of hydrogen-bond donors (Lipinski definition) is 3. The Labute approximate surface area is 156 Å². The number of nitrogens with zero attached hydrogens (tertiary/aromatic N) is 3. The predicted octanol–water partition coefficient (Wildman–Crippen LogP) is 1.07. The van der Waals surface area contributed by atoms with Gasteiger partial charge in [-0.3, -0.25) is 14.8 Å². The highest BCUT2D eigenvalue weighted by Gasteiger charge is 2.37. The molecule has 0 radical (unpaired) electrons. The third kappa shape index (κ3) is 3.88. The average molecular weight is 374 g/mol. The fourth-order valence-electron chi connectivity index (χ4n) is 2.84. The molecule has 4 N–H and O–H groups in total. The molecule has 138 valence electrons. The van der Waals surface area contributed by atoms with E-state index in [-0.39, 0.29) is 17.8 Å². The minimum absolute atomic E-state index is 0.253. The summed E-state index contributed by atoms with van der Waals surface area (Å²) in [6.07, 6.45) is 7.09. The van der Waals surface area contributed by atoms with Gasteiger partial charge in [0.05, 0.1) is 23.1 Å². The molecule has 0 bridgehead atoms. The normalized spacial score (nSPS) is 25.5. The number of nitrogens with two attached hydrogens (primary N) is 1. The van der Waals surface area contributed by atoms with Crippen molar-refractivity contribution in [2.75, 3.05) is 12.9 Å². The Morgan fingerprint density at radius 1 is 1.46 bits per heavy atom. The van der Waals surface area contributed by atoms with Gasteiger partial charge in [0.2, 0.25) is 0 Å². The third-order valence-electron chi connectivity index (χ3n) is 4.31. The number of allylic oxidation sites excluding steroid dienone is 1. The van der Waals surface area contributed by atoms with E-state index in [4.69, 9.17) is 10.5 Å². The van der Waals surface area contributed by atoms with Crippen LogP contribution in [0, 0.1) is 6.92 Å². The van der Waals surface area contributed by atoms with Crippen molar-refractivity contribution in [3.8, 4) is 0 Å². The second-order valence-electron chi connectivity index (χ2n) is 6.30. The first-order valence-electron chi connectivity index (χ1n) is 8.20. The van der Waals surface area contributed by atoms with Gasteiger partial charge < -0.3 is 21.1 Å². The number of aromatic nitrogens is 2. The molecule has 0 spiro atoms. The molecule has 8 nitrogen and oxygen atoms in total. The lowest BCUT2D eigenvalue weighted by atomic mass is 9.86. The molecule has 0 aliphatic carbocycles. The maximum atomic E-state index is 12.4. The van der Waals surface area contributed by atoms with Crippen molar-refractivity contribution >= 4 is 22.8 Å². The summed E-state index contributed by atoms with van der Waals surface area (Å²) in [6.45, 7) is 3.84. The number of carbonyl (C=O) groups excluding carboxylic acids is 1. The quantitative estimate of drug-likeness (QED) is 0.722. The predicted molar refractivity (Wildman–Crippen MR) is 101 cm³/mol. The zero-order valence-corrected chi connectivity index (χ0v) is 15.8. The van der Waals surface area contributed by atoms with Crippen LogP contribution in [0.15, 0.2) is 40.9 Å². The topological polar surface area (TPSA) is 115 Å². The largest absolute Gasteiger partial charge is 0.379 e. The highest BCUT2D eigenvalue weighted by atomic mass is 32.2. The fourth-order valence-corrected chi connectivity index (χ4v) is 3.82. The molecule has 9 heteroatoms. The van der Waals surface area contributed by atoms with E-state index in [2.05, 4.69) is 25.6 Å². The number of amides is 1. The Kier molecular flexibility index (Phi) is 5.28. The van der Waals surface area contributed by atoms with Crippen LogP contribution in [0.25, 0.3) is 0 Å². The maximum absolute atomic E-state index is 12.4. The van der Waals surface area contributed by atoms with Crippen molar-refractivity contribution in [1.29, 1.82) is 0 Å². The highest BCUT2D eigenvalue weighted by Crippen LogP contribution is 2.35. The van der Waals surface area contributed by atoms with Crippen LogP contribution in [0.5, 0.6) is 0 Å². The van der Waals surface area contributed by atoms with Crippen LogP contribution >= 0.6 is 11.8 Å². The molecule has 3 rings (SSSR count). The van der Waals surface area contributed by atoms with Crippen molar-refractivity contribution in [3.63, 3.8) is 0 Å². The fraction of sp³-hybridized carbons (Fsp3) is 0.412. The van der Waals surface area contributed by atoms with Crippen LogP contribution in [0.1, 0.15) is 29.5 Å². The van der Waals surface area contributed by atoms with Crippen LogP contribution in [-0.2, 0) is 4.74 Å². The van der Waals surface area contributed by atoms with Crippen LogP contribution in [0.2, 0.25) is 0 Å². The molecule has 0 fully saturated rings. The number of methoxy groups -OCH3 is 1. The monoisotopic (exact) mass is 374 g/mol. The number of aliphatic imine (C=N–C) groups is 1. The molecule has 3 heterocycles. The van der Waals surface area contributed by atoms with Gasteiger partial charge in [-0.25, -0.2) is 4.98 Å². The number of amidine groups is 1. The molecule has 2 aliphatic rings. The summed E-state index contributed by atoms with van der Waals surface area (Å²) in [5.41, 5.74) is 7.97. The lowest BCUT2D eigenvalue weighted by molar-refractivity contribution is 0.0945. The molecular weight excluding hydrogens is 352 g/mol. The Balaban J connectivity index is 1.83. The number of carbonyl (C=O) groups is 1. The number of rotatable bonds is 4. The van der Waals surface area contributed by atoms with Crippen LogP contribution < -0.4 is 16.4 Å². The van der Waals surface area contributed by atoms with Gasteiger partial charge in [0.25, 0.3) is 5.91 Å². The summed E-state index contributed by atoms with van der Waals surface area (Å²) < 4.78 is 5.53. The smallest absolute Gasteiger partial charge is 0.275 e. The second-order valence-corrected chi connectivity index (χ2v) is 7.42. The SMILES string of the molecule is COC1NC=C(NC(=O)c2cnc(C)cn2)C=C1[C@]1(C)CCSC(N)=N1. The number of thioether (sulfide) groups is 1. The standard InChI is InChI=1S/C17H22N6O2S/c1-10-7-20-13(9-19-10)14(24)22-11-6-12(15(25-3)21-8-11)17(2)4-5-26-16(18)23-17/h6-9,15,21H,4-5H2,1-3H3,(H2,18,23)(H,22,24)/t15?,17-/m0/s1. The lowest BCUT2D eigenvalue weighted by Crippen LogP contribution is -2.45.